The highest BCUT2D eigenvalue weighted by atomic mass is 32.1. The molecule has 1 aliphatic carbocycles. The van der Waals surface area contributed by atoms with Crippen LogP contribution >= 0.6 is 11.3 Å². The molecule has 1 aromatic carbocycles. The van der Waals surface area contributed by atoms with Crippen LogP contribution in [0.1, 0.15) is 56.3 Å². The summed E-state index contributed by atoms with van der Waals surface area (Å²) in [7, 11) is 0. The third-order valence-corrected chi connectivity index (χ3v) is 6.83. The number of carbonyl (C=O) groups excluding carboxylic acids is 2. The fourth-order valence-corrected chi connectivity index (χ4v) is 5.09. The second-order valence-electron chi connectivity index (χ2n) is 7.82. The predicted molar refractivity (Wildman–Crippen MR) is 114 cm³/mol. The first-order valence-electron chi connectivity index (χ1n) is 10.4. The first-order valence-corrected chi connectivity index (χ1v) is 11.3. The lowest BCUT2D eigenvalue weighted by atomic mass is 10.0. The van der Waals surface area contributed by atoms with Gasteiger partial charge in [0.2, 0.25) is 0 Å². The van der Waals surface area contributed by atoms with Gasteiger partial charge in [-0.25, -0.2) is 0 Å². The van der Waals surface area contributed by atoms with E-state index in [1.807, 2.05) is 24.3 Å². The Balaban J connectivity index is 1.42. The van der Waals surface area contributed by atoms with Crippen LogP contribution in [0.2, 0.25) is 0 Å². The summed E-state index contributed by atoms with van der Waals surface area (Å²) in [6, 6.07) is 9.53. The number of ether oxygens (including phenoxy) is 1. The van der Waals surface area contributed by atoms with E-state index >= 15 is 0 Å². The number of fused-ring (bicyclic) bond motifs is 1. The normalized spacial score (nSPS) is 19.0. The van der Waals surface area contributed by atoms with Crippen molar-refractivity contribution in [2.24, 2.45) is 0 Å². The molecule has 31 heavy (non-hydrogen) atoms. The predicted octanol–water partition coefficient (Wildman–Crippen LogP) is 2.70. The number of nitrogens with zero attached hydrogens (tertiary/aromatic N) is 2. The Hall–Kier alpha value is -2.75. The van der Waals surface area contributed by atoms with E-state index in [2.05, 4.69) is 10.5 Å². The van der Waals surface area contributed by atoms with Crippen LogP contribution in [0.25, 0.3) is 10.1 Å². The van der Waals surface area contributed by atoms with Crippen molar-refractivity contribution < 1.29 is 24.0 Å². The first kappa shape index (κ1) is 20.2. The van der Waals surface area contributed by atoms with Crippen LogP contribution in [0.15, 0.2) is 34.9 Å². The highest BCUT2D eigenvalue weighted by molar-refractivity contribution is 7.21. The average molecular weight is 442 g/mol. The first-order chi connectivity index (χ1) is 15.2. The zero-order chi connectivity index (χ0) is 21.4. The number of nitrogens with one attached hydrogen (secondary N) is 1. The summed E-state index contributed by atoms with van der Waals surface area (Å²) in [5.74, 6) is 0.737. The molecule has 2 fully saturated rings. The Bertz CT molecular complexity index is 1120. The largest absolute Gasteiger partial charge is 0.395 e. The van der Waals surface area contributed by atoms with E-state index in [0.717, 1.165) is 34.3 Å². The Kier molecular flexibility index (Phi) is 5.47. The molecule has 0 radical (unpaired) electrons. The molecular weight excluding hydrogens is 418 g/mol. The summed E-state index contributed by atoms with van der Waals surface area (Å²) in [6.45, 7) is 1.19. The minimum atomic E-state index is -0.432. The lowest BCUT2D eigenvalue weighted by Crippen LogP contribution is -2.42. The van der Waals surface area contributed by atoms with Gasteiger partial charge >= 0.3 is 0 Å². The smallest absolute Gasteiger partial charge is 0.276 e. The number of aromatic nitrogens is 1. The number of hydrogen-bond acceptors (Lipinski definition) is 7. The lowest BCUT2D eigenvalue weighted by Gasteiger charge is -2.33. The second kappa shape index (κ2) is 8.41. The van der Waals surface area contributed by atoms with Crippen LogP contribution in [0, 0.1) is 0 Å². The zero-order valence-corrected chi connectivity index (χ0v) is 17.7. The Morgan fingerprint density at radius 2 is 2.13 bits per heavy atom. The van der Waals surface area contributed by atoms with Crippen molar-refractivity contribution in [1.29, 1.82) is 0 Å². The van der Waals surface area contributed by atoms with Crippen molar-refractivity contribution in [3.05, 3.63) is 52.2 Å². The molecule has 3 aromatic rings. The molecule has 9 heteroatoms. The monoisotopic (exact) mass is 441 g/mol. The van der Waals surface area contributed by atoms with E-state index in [-0.39, 0.29) is 25.0 Å². The molecule has 1 saturated heterocycles. The molecule has 2 aliphatic rings. The van der Waals surface area contributed by atoms with Crippen molar-refractivity contribution in [3.8, 4) is 0 Å². The zero-order valence-electron chi connectivity index (χ0n) is 16.9. The van der Waals surface area contributed by atoms with Gasteiger partial charge in [-0.1, -0.05) is 23.4 Å². The van der Waals surface area contributed by atoms with E-state index in [9.17, 15) is 9.59 Å². The van der Waals surface area contributed by atoms with Gasteiger partial charge in [-0.15, -0.1) is 11.3 Å². The number of hydrogen-bond donors (Lipinski definition) is 2. The van der Waals surface area contributed by atoms with Crippen molar-refractivity contribution >= 4 is 33.2 Å². The number of amides is 2. The van der Waals surface area contributed by atoms with Crippen LogP contribution in [-0.2, 0) is 4.74 Å². The molecule has 2 N–H and O–H groups in total. The lowest BCUT2D eigenvalue weighted by molar-refractivity contribution is -0.0225. The molecule has 3 heterocycles. The van der Waals surface area contributed by atoms with Gasteiger partial charge in [0.05, 0.1) is 24.6 Å². The maximum Gasteiger partial charge on any atom is 0.276 e. The van der Waals surface area contributed by atoms with Crippen molar-refractivity contribution in [3.63, 3.8) is 0 Å². The quantitative estimate of drug-likeness (QED) is 0.609. The van der Waals surface area contributed by atoms with E-state index in [4.69, 9.17) is 14.4 Å². The third kappa shape index (κ3) is 3.96. The summed E-state index contributed by atoms with van der Waals surface area (Å²) >= 11 is 1.39. The van der Waals surface area contributed by atoms with Crippen LogP contribution < -0.4 is 5.32 Å². The van der Waals surface area contributed by atoms with Gasteiger partial charge in [0, 0.05) is 35.3 Å². The van der Waals surface area contributed by atoms with Gasteiger partial charge in [0.15, 0.2) is 5.69 Å². The number of rotatable bonds is 6. The van der Waals surface area contributed by atoms with Gasteiger partial charge in [-0.05, 0) is 24.3 Å². The topological polar surface area (TPSA) is 105 Å². The minimum absolute atomic E-state index is 0.130. The number of benzene rings is 1. The molecule has 0 spiro atoms. The van der Waals surface area contributed by atoms with E-state index in [1.165, 1.54) is 11.3 Å². The number of thiophene rings is 1. The minimum Gasteiger partial charge on any atom is -0.395 e. The van der Waals surface area contributed by atoms with Crippen molar-refractivity contribution in [2.45, 2.75) is 24.9 Å². The highest BCUT2D eigenvalue weighted by Gasteiger charge is 2.34. The van der Waals surface area contributed by atoms with Crippen LogP contribution in [0.3, 0.4) is 0 Å². The Morgan fingerprint density at radius 3 is 2.94 bits per heavy atom. The summed E-state index contributed by atoms with van der Waals surface area (Å²) in [6.07, 6.45) is 1.72. The Labute approximate surface area is 182 Å². The molecule has 1 saturated carbocycles. The maximum absolute atomic E-state index is 13.0. The molecule has 1 aliphatic heterocycles. The average Bonchev–Trinajstić information content (AvgIpc) is 3.40. The van der Waals surface area contributed by atoms with Gasteiger partial charge in [0.25, 0.3) is 11.8 Å². The molecule has 5 rings (SSSR count). The molecule has 162 valence electrons. The van der Waals surface area contributed by atoms with Gasteiger partial charge in [-0.2, -0.15) is 0 Å². The molecular formula is C22H23N3O5S. The molecule has 8 nitrogen and oxygen atoms in total. The van der Waals surface area contributed by atoms with Gasteiger partial charge in [0.1, 0.15) is 11.9 Å². The van der Waals surface area contributed by atoms with E-state index in [1.54, 1.807) is 11.0 Å². The second-order valence-corrected chi connectivity index (χ2v) is 8.87. The van der Waals surface area contributed by atoms with Crippen molar-refractivity contribution in [1.82, 2.24) is 15.4 Å². The van der Waals surface area contributed by atoms with Gasteiger partial charge in [-0.3, -0.25) is 9.59 Å². The SMILES string of the molecule is O=C(NCCO)c1sc2ccccc2c1[C@@H]1CN(C(=O)c2cc(C3CC3)on2)CCO1. The summed E-state index contributed by atoms with van der Waals surface area (Å²) in [5, 5.41) is 16.7. The molecule has 2 aromatic heterocycles. The number of morpholine rings is 1. The fourth-order valence-electron chi connectivity index (χ4n) is 3.92. The van der Waals surface area contributed by atoms with Crippen molar-refractivity contribution in [2.75, 3.05) is 32.8 Å². The highest BCUT2D eigenvalue weighted by Crippen LogP contribution is 2.41. The van der Waals surface area contributed by atoms with Crippen LogP contribution in [0.5, 0.6) is 0 Å². The van der Waals surface area contributed by atoms with Crippen LogP contribution in [-0.4, -0.2) is 59.8 Å². The van der Waals surface area contributed by atoms with Crippen LogP contribution in [0.4, 0.5) is 0 Å². The fraction of sp³-hybridized carbons (Fsp3) is 0.409. The number of aliphatic hydroxyl groups excluding tert-OH is 1. The summed E-state index contributed by atoms with van der Waals surface area (Å²) in [5.41, 5.74) is 1.10. The summed E-state index contributed by atoms with van der Waals surface area (Å²) in [4.78, 5) is 28.1. The number of aliphatic hydroxyl groups is 1. The van der Waals surface area contributed by atoms with E-state index in [0.29, 0.717) is 36.2 Å². The summed E-state index contributed by atoms with van der Waals surface area (Å²) < 4.78 is 12.4. The standard InChI is InChI=1S/C22H23N3O5S/c26-9-7-23-21(27)20-19(14-3-1-2-4-18(14)31-20)17-12-25(8-10-29-17)22(28)15-11-16(30-24-15)13-5-6-13/h1-4,11,13,17,26H,5-10,12H2,(H,23,27)/t17-/m0/s1. The third-order valence-electron chi connectivity index (χ3n) is 5.64. The van der Waals surface area contributed by atoms with Gasteiger partial charge < -0.3 is 24.6 Å². The molecule has 0 unspecified atom stereocenters. The molecule has 1 atom stereocenters. The van der Waals surface area contributed by atoms with E-state index < -0.39 is 6.10 Å². The molecule has 2 amide bonds. The Morgan fingerprint density at radius 1 is 1.29 bits per heavy atom. The maximum atomic E-state index is 13.0. The molecule has 0 bridgehead atoms. The number of carbonyl (C=O) groups is 2.